The molecule has 0 aliphatic carbocycles. The fraction of sp³-hybridized carbons (Fsp3) is 0.250. The summed E-state index contributed by atoms with van der Waals surface area (Å²) in [6.45, 7) is 0.605. The van der Waals surface area contributed by atoms with E-state index in [2.05, 4.69) is 4.98 Å². The summed E-state index contributed by atoms with van der Waals surface area (Å²) in [7, 11) is 1.86. The highest BCUT2D eigenvalue weighted by Gasteiger charge is 2.06. The molecule has 2 rings (SSSR count). The number of halogens is 1. The third-order valence-corrected chi connectivity index (χ3v) is 2.52. The Hall–Kier alpha value is -1.88. The number of hydrogen-bond acceptors (Lipinski definition) is 3. The van der Waals surface area contributed by atoms with Crippen molar-refractivity contribution in [3.05, 3.63) is 47.8 Å². The second-order valence-corrected chi connectivity index (χ2v) is 3.75. The molecular weight excluding hydrogens is 221 g/mol. The van der Waals surface area contributed by atoms with Gasteiger partial charge in [0.15, 0.2) is 11.6 Å². The van der Waals surface area contributed by atoms with Crippen LogP contribution in [0, 0.1) is 5.82 Å². The van der Waals surface area contributed by atoms with Crippen molar-refractivity contribution in [1.29, 1.82) is 0 Å². The molecule has 0 aliphatic heterocycles. The molecule has 90 valence electrons. The summed E-state index contributed by atoms with van der Waals surface area (Å²) >= 11 is 0. The minimum Gasteiger partial charge on any atom is -0.484 e. The Kier molecular flexibility index (Phi) is 3.39. The number of aryl methyl sites for hydroxylation is 1. The molecule has 2 N–H and O–H groups in total. The van der Waals surface area contributed by atoms with Gasteiger partial charge in [-0.1, -0.05) is 6.07 Å². The molecule has 17 heavy (non-hydrogen) atoms. The van der Waals surface area contributed by atoms with Crippen LogP contribution in [0.5, 0.6) is 5.75 Å². The van der Waals surface area contributed by atoms with Crippen LogP contribution in [0.4, 0.5) is 4.39 Å². The zero-order valence-corrected chi connectivity index (χ0v) is 9.56. The van der Waals surface area contributed by atoms with E-state index in [-0.39, 0.29) is 12.4 Å². The lowest BCUT2D eigenvalue weighted by molar-refractivity contribution is 0.282. The highest BCUT2D eigenvalue weighted by Crippen LogP contribution is 2.19. The van der Waals surface area contributed by atoms with Crippen LogP contribution >= 0.6 is 0 Å². The van der Waals surface area contributed by atoms with Crippen molar-refractivity contribution in [1.82, 2.24) is 9.55 Å². The van der Waals surface area contributed by atoms with Gasteiger partial charge in [-0.25, -0.2) is 9.37 Å². The number of ether oxygens (including phenoxy) is 1. The molecule has 0 spiro atoms. The number of hydrogen-bond donors (Lipinski definition) is 1. The van der Waals surface area contributed by atoms with Crippen molar-refractivity contribution in [2.45, 2.75) is 13.2 Å². The first-order chi connectivity index (χ1) is 8.20. The SMILES string of the molecule is Cn1cncc1COc1ccc(CN)cc1F. The molecule has 0 atom stereocenters. The number of nitrogens with zero attached hydrogens (tertiary/aromatic N) is 2. The Labute approximate surface area is 98.8 Å². The highest BCUT2D eigenvalue weighted by molar-refractivity contribution is 5.29. The Bertz CT molecular complexity index is 510. The minimum absolute atomic E-state index is 0.225. The molecule has 1 aromatic heterocycles. The van der Waals surface area contributed by atoms with Crippen molar-refractivity contribution in [3.63, 3.8) is 0 Å². The molecule has 2 aromatic rings. The van der Waals surface area contributed by atoms with E-state index in [1.165, 1.54) is 6.07 Å². The molecule has 1 aromatic carbocycles. The molecule has 0 saturated heterocycles. The Morgan fingerprint density at radius 2 is 2.29 bits per heavy atom. The third kappa shape index (κ3) is 2.62. The Morgan fingerprint density at radius 1 is 1.47 bits per heavy atom. The van der Waals surface area contributed by atoms with Crippen LogP contribution in [0.3, 0.4) is 0 Å². The summed E-state index contributed by atoms with van der Waals surface area (Å²) in [5, 5.41) is 0. The molecular formula is C12H14FN3O. The van der Waals surface area contributed by atoms with Gasteiger partial charge < -0.3 is 15.0 Å². The van der Waals surface area contributed by atoms with Crippen LogP contribution in [0.1, 0.15) is 11.3 Å². The second-order valence-electron chi connectivity index (χ2n) is 3.75. The fourth-order valence-corrected chi connectivity index (χ4v) is 1.46. The predicted molar refractivity (Wildman–Crippen MR) is 61.8 cm³/mol. The summed E-state index contributed by atoms with van der Waals surface area (Å²) in [5.74, 6) is -0.168. The first kappa shape index (κ1) is 11.6. The van der Waals surface area contributed by atoms with E-state index >= 15 is 0 Å². The van der Waals surface area contributed by atoms with Crippen LogP contribution in [0.25, 0.3) is 0 Å². The van der Waals surface area contributed by atoms with E-state index in [4.69, 9.17) is 10.5 Å². The van der Waals surface area contributed by atoms with Gasteiger partial charge in [0, 0.05) is 13.6 Å². The number of aromatic nitrogens is 2. The predicted octanol–water partition coefficient (Wildman–Crippen LogP) is 1.60. The van der Waals surface area contributed by atoms with Crippen molar-refractivity contribution in [2.75, 3.05) is 0 Å². The summed E-state index contributed by atoms with van der Waals surface area (Å²) in [5.41, 5.74) is 7.05. The normalized spacial score (nSPS) is 10.5. The van der Waals surface area contributed by atoms with E-state index in [1.807, 2.05) is 11.6 Å². The summed E-state index contributed by atoms with van der Waals surface area (Å²) in [4.78, 5) is 3.96. The van der Waals surface area contributed by atoms with Gasteiger partial charge in [0.2, 0.25) is 0 Å². The molecule has 4 nitrogen and oxygen atoms in total. The average Bonchev–Trinajstić information content (AvgIpc) is 2.73. The average molecular weight is 235 g/mol. The van der Waals surface area contributed by atoms with Crippen LogP contribution in [-0.2, 0) is 20.2 Å². The molecule has 5 heteroatoms. The van der Waals surface area contributed by atoms with Gasteiger partial charge in [-0.05, 0) is 17.7 Å². The number of nitrogens with two attached hydrogens (primary N) is 1. The molecule has 0 bridgehead atoms. The van der Waals surface area contributed by atoms with E-state index in [9.17, 15) is 4.39 Å². The number of benzene rings is 1. The lowest BCUT2D eigenvalue weighted by atomic mass is 10.2. The quantitative estimate of drug-likeness (QED) is 0.875. The van der Waals surface area contributed by atoms with E-state index in [0.29, 0.717) is 6.54 Å². The largest absolute Gasteiger partial charge is 0.484 e. The molecule has 0 saturated carbocycles. The smallest absolute Gasteiger partial charge is 0.165 e. The molecule has 0 fully saturated rings. The van der Waals surface area contributed by atoms with Crippen molar-refractivity contribution >= 4 is 0 Å². The lowest BCUT2D eigenvalue weighted by Gasteiger charge is -2.08. The maximum atomic E-state index is 13.6. The van der Waals surface area contributed by atoms with E-state index in [0.717, 1.165) is 11.3 Å². The van der Waals surface area contributed by atoms with Gasteiger partial charge in [-0.3, -0.25) is 0 Å². The highest BCUT2D eigenvalue weighted by atomic mass is 19.1. The van der Waals surface area contributed by atoms with E-state index in [1.54, 1.807) is 24.7 Å². The zero-order valence-electron chi connectivity index (χ0n) is 9.56. The molecule has 0 radical (unpaired) electrons. The maximum absolute atomic E-state index is 13.6. The first-order valence-electron chi connectivity index (χ1n) is 5.27. The van der Waals surface area contributed by atoms with Crippen LogP contribution in [-0.4, -0.2) is 9.55 Å². The monoisotopic (exact) mass is 235 g/mol. The van der Waals surface area contributed by atoms with Gasteiger partial charge in [-0.15, -0.1) is 0 Å². The summed E-state index contributed by atoms with van der Waals surface area (Å²) in [6, 6.07) is 4.73. The summed E-state index contributed by atoms with van der Waals surface area (Å²) < 4.78 is 20.8. The van der Waals surface area contributed by atoms with Crippen LogP contribution in [0.15, 0.2) is 30.7 Å². The molecule has 0 unspecified atom stereocenters. The Balaban J connectivity index is 2.07. The lowest BCUT2D eigenvalue weighted by Crippen LogP contribution is -2.03. The van der Waals surface area contributed by atoms with Gasteiger partial charge >= 0.3 is 0 Å². The molecule has 1 heterocycles. The number of imidazole rings is 1. The molecule has 0 amide bonds. The number of rotatable bonds is 4. The third-order valence-electron chi connectivity index (χ3n) is 2.52. The van der Waals surface area contributed by atoms with Crippen molar-refractivity contribution < 1.29 is 9.13 Å². The van der Waals surface area contributed by atoms with Crippen LogP contribution < -0.4 is 10.5 Å². The zero-order chi connectivity index (χ0) is 12.3. The van der Waals surface area contributed by atoms with Crippen molar-refractivity contribution in [2.24, 2.45) is 12.8 Å². The van der Waals surface area contributed by atoms with E-state index < -0.39 is 5.82 Å². The van der Waals surface area contributed by atoms with Gasteiger partial charge in [0.05, 0.1) is 18.2 Å². The minimum atomic E-state index is -0.393. The van der Waals surface area contributed by atoms with Gasteiger partial charge in [0.1, 0.15) is 6.61 Å². The van der Waals surface area contributed by atoms with Gasteiger partial charge in [0.25, 0.3) is 0 Å². The molecule has 0 aliphatic rings. The van der Waals surface area contributed by atoms with Crippen molar-refractivity contribution in [3.8, 4) is 5.75 Å². The Morgan fingerprint density at radius 3 is 2.88 bits per heavy atom. The second kappa shape index (κ2) is 4.97. The maximum Gasteiger partial charge on any atom is 0.165 e. The fourth-order valence-electron chi connectivity index (χ4n) is 1.46. The van der Waals surface area contributed by atoms with Gasteiger partial charge in [-0.2, -0.15) is 0 Å². The topological polar surface area (TPSA) is 53.1 Å². The summed E-state index contributed by atoms with van der Waals surface area (Å²) in [6.07, 6.45) is 3.36. The first-order valence-corrected chi connectivity index (χ1v) is 5.27. The van der Waals surface area contributed by atoms with Crippen LogP contribution in [0.2, 0.25) is 0 Å². The standard InChI is InChI=1S/C12H14FN3O/c1-16-8-15-6-10(16)7-17-12-3-2-9(5-14)4-11(12)13/h2-4,6,8H,5,7,14H2,1H3.